The Kier molecular flexibility index (Phi) is 9.13. The third kappa shape index (κ3) is 7.36. The Bertz CT molecular complexity index is 2790. The van der Waals surface area contributed by atoms with Crippen molar-refractivity contribution in [1.82, 2.24) is 9.97 Å². The van der Waals surface area contributed by atoms with Gasteiger partial charge in [0.2, 0.25) is 5.78 Å². The van der Waals surface area contributed by atoms with Crippen LogP contribution in [0, 0.1) is 0 Å². The molecule has 0 aliphatic heterocycles. The highest BCUT2D eigenvalue weighted by Gasteiger charge is 2.37. The minimum absolute atomic E-state index is 0.115. The van der Waals surface area contributed by atoms with Crippen molar-refractivity contribution in [3.8, 4) is 11.4 Å². The fourth-order valence-electron chi connectivity index (χ4n) is 5.39. The number of nitrogen functional groups attached to an aromatic ring is 1. The Morgan fingerprint density at radius 1 is 0.759 bits per heavy atom. The number of hydrazone groups is 2. The number of rotatable bonds is 9. The summed E-state index contributed by atoms with van der Waals surface area (Å²) in [7, 11) is -10.1. The summed E-state index contributed by atoms with van der Waals surface area (Å²) in [5, 5.41) is 16.2. The molecule has 0 spiro atoms. The molecule has 0 saturated heterocycles. The van der Waals surface area contributed by atoms with E-state index < -0.39 is 52.9 Å². The van der Waals surface area contributed by atoms with E-state index in [0.717, 1.165) is 17.7 Å². The van der Waals surface area contributed by atoms with Crippen LogP contribution in [0.1, 0.15) is 15.9 Å². The Morgan fingerprint density at radius 3 is 2.15 bits per heavy atom. The van der Waals surface area contributed by atoms with Crippen molar-refractivity contribution in [2.75, 3.05) is 16.6 Å². The quantitative estimate of drug-likeness (QED) is 0.0340. The lowest BCUT2D eigenvalue weighted by molar-refractivity contribution is -0.110. The Hall–Kier alpha value is -6.93. The number of carbonyl (C=O) groups is 2. The van der Waals surface area contributed by atoms with Crippen LogP contribution in [0.3, 0.4) is 0 Å². The number of nitrogens with one attached hydrogen (secondary N) is 3. The predicted molar refractivity (Wildman–Crippen MR) is 202 cm³/mol. The molecule has 270 valence electrons. The van der Waals surface area contributed by atoms with Gasteiger partial charge in [0.1, 0.15) is 21.3 Å². The minimum atomic E-state index is -5.07. The van der Waals surface area contributed by atoms with E-state index in [2.05, 4.69) is 41.3 Å². The van der Waals surface area contributed by atoms with Crippen molar-refractivity contribution in [3.05, 3.63) is 119 Å². The van der Waals surface area contributed by atoms with Gasteiger partial charge in [-0.15, -0.1) is 5.11 Å². The van der Waals surface area contributed by atoms with E-state index in [-0.39, 0.29) is 22.6 Å². The van der Waals surface area contributed by atoms with E-state index in [1.807, 2.05) is 6.07 Å². The van der Waals surface area contributed by atoms with Gasteiger partial charge >= 0.3 is 0 Å². The number of allylic oxidation sites excluding steroid dienone is 5. The van der Waals surface area contributed by atoms with Crippen molar-refractivity contribution in [2.45, 2.75) is 4.90 Å². The third-order valence-corrected chi connectivity index (χ3v) is 9.70. The number of H-pyrrole nitrogens is 1. The van der Waals surface area contributed by atoms with Gasteiger partial charge in [-0.05, 0) is 96.6 Å². The lowest BCUT2D eigenvalue weighted by atomic mass is 9.92. The summed E-state index contributed by atoms with van der Waals surface area (Å²) < 4.78 is 69.4. The van der Waals surface area contributed by atoms with Gasteiger partial charge in [-0.1, -0.05) is 18.2 Å². The molecule has 54 heavy (non-hydrogen) atoms. The second kappa shape index (κ2) is 13.9. The number of aromatic amines is 1. The number of para-hydroxylation sites is 1. The number of ketones is 2. The topological polar surface area (TPSA) is 271 Å². The molecule has 0 amide bonds. The molecule has 0 atom stereocenters. The first-order valence-corrected chi connectivity index (χ1v) is 18.5. The van der Waals surface area contributed by atoms with Crippen LogP contribution in [-0.2, 0) is 25.0 Å². The molecule has 5 aromatic rings. The molecule has 2 aliphatic rings. The maximum atomic E-state index is 13.7. The number of nitrogens with two attached hydrogens (primary N) is 1. The van der Waals surface area contributed by atoms with Crippen molar-refractivity contribution in [3.63, 3.8) is 0 Å². The number of aromatic nitrogens is 2. The standard InChI is InChI=1S/C35H25N9O8S2/c36-31-30-20(17-29(54(50,51)52)33(34(30)46)44-40-21-4-2-1-3-5-21)16-28(53(47,48)49)32(31)43-41-22-8-6-19(7-9-22)35-37-26-15-12-24(18-27(26)38-35)42-39-23-10-13-25(45)14-11-23/h1-18,40,42H,36H2,(H,37,38)(H,47,48,49)(H,50,51,52)/b43-41?,44-33-. The smallest absolute Gasteiger partial charge is 0.296 e. The zero-order chi connectivity index (χ0) is 38.2. The van der Waals surface area contributed by atoms with E-state index in [9.17, 15) is 35.5 Å². The highest BCUT2D eigenvalue weighted by atomic mass is 32.2. The van der Waals surface area contributed by atoms with Crippen LogP contribution in [0.15, 0.2) is 133 Å². The van der Waals surface area contributed by atoms with Crippen LogP contribution < -0.4 is 16.6 Å². The molecule has 0 fully saturated rings. The van der Waals surface area contributed by atoms with Crippen molar-refractivity contribution < 1.29 is 35.5 Å². The van der Waals surface area contributed by atoms with E-state index in [1.165, 1.54) is 12.2 Å². The first-order valence-electron chi connectivity index (χ1n) is 15.6. The van der Waals surface area contributed by atoms with Crippen LogP contribution in [0.2, 0.25) is 0 Å². The summed E-state index contributed by atoms with van der Waals surface area (Å²) in [5.74, 6) is -0.672. The van der Waals surface area contributed by atoms with E-state index >= 15 is 0 Å². The van der Waals surface area contributed by atoms with Crippen LogP contribution >= 0.6 is 0 Å². The van der Waals surface area contributed by atoms with Crippen LogP contribution in [0.25, 0.3) is 28.5 Å². The molecular weight excluding hydrogens is 739 g/mol. The SMILES string of the molecule is Nc1c(N=Nc2ccc(-c3nc4cc(NN=C5C=CC(=O)C=C5)ccc4[nH]3)cc2)c(S(=O)(=O)O)cc2c1C(=O)/C(=N\Nc1ccccc1)C(S(=O)(=O)O)=C2. The zero-order valence-electron chi connectivity index (χ0n) is 27.4. The van der Waals surface area contributed by atoms with Gasteiger partial charge < -0.3 is 10.7 Å². The summed E-state index contributed by atoms with van der Waals surface area (Å²) in [4.78, 5) is 31.1. The van der Waals surface area contributed by atoms with Gasteiger partial charge in [-0.25, -0.2) is 4.98 Å². The lowest BCUT2D eigenvalue weighted by Crippen LogP contribution is -2.28. The molecule has 0 unspecified atom stereocenters. The molecule has 1 heterocycles. The summed E-state index contributed by atoms with van der Waals surface area (Å²) in [6.45, 7) is 0. The fourth-order valence-corrected chi connectivity index (χ4v) is 6.72. The fraction of sp³-hybridized carbons (Fsp3) is 0. The van der Waals surface area contributed by atoms with Crippen LogP contribution in [0.5, 0.6) is 0 Å². The van der Waals surface area contributed by atoms with E-state index in [0.29, 0.717) is 34.0 Å². The normalized spacial score (nSPS) is 15.2. The zero-order valence-corrected chi connectivity index (χ0v) is 29.0. The Morgan fingerprint density at radius 2 is 1.46 bits per heavy atom. The second-order valence-electron chi connectivity index (χ2n) is 11.6. The molecule has 0 bridgehead atoms. The highest BCUT2D eigenvalue weighted by Crippen LogP contribution is 2.41. The van der Waals surface area contributed by atoms with Gasteiger partial charge in [-0.3, -0.25) is 29.5 Å². The first-order chi connectivity index (χ1) is 25.7. The van der Waals surface area contributed by atoms with Crippen molar-refractivity contribution in [1.29, 1.82) is 0 Å². The maximum absolute atomic E-state index is 13.7. The van der Waals surface area contributed by atoms with Gasteiger partial charge in [0.15, 0.2) is 11.5 Å². The average molecular weight is 764 g/mol. The lowest BCUT2D eigenvalue weighted by Gasteiger charge is -2.20. The molecule has 7 N–H and O–H groups in total. The number of hydrogen-bond acceptors (Lipinski definition) is 14. The van der Waals surface area contributed by atoms with Gasteiger partial charge in [0.25, 0.3) is 20.2 Å². The van der Waals surface area contributed by atoms with Gasteiger partial charge in [0, 0.05) is 5.56 Å². The highest BCUT2D eigenvalue weighted by molar-refractivity contribution is 7.91. The largest absolute Gasteiger partial charge is 0.396 e. The number of azo groups is 1. The molecular formula is C35H25N9O8S2. The number of hydrogen-bond donors (Lipinski definition) is 6. The predicted octanol–water partition coefficient (Wildman–Crippen LogP) is 5.83. The number of carbonyl (C=O) groups excluding carboxylic acids is 2. The Balaban J connectivity index is 1.18. The van der Waals surface area contributed by atoms with Gasteiger partial charge in [0.05, 0.1) is 45.1 Å². The number of benzene rings is 4. The van der Waals surface area contributed by atoms with E-state index in [4.69, 9.17) is 5.73 Å². The molecule has 17 nitrogen and oxygen atoms in total. The molecule has 4 aromatic carbocycles. The molecule has 2 aliphatic carbocycles. The van der Waals surface area contributed by atoms with Gasteiger partial charge in [-0.2, -0.15) is 32.2 Å². The summed E-state index contributed by atoms with van der Waals surface area (Å²) in [6, 6.07) is 20.9. The number of anilines is 3. The number of Topliss-reactive ketones (excluding diaryl/α,β-unsaturated/α-hetero) is 1. The first kappa shape index (κ1) is 35.5. The molecule has 0 saturated carbocycles. The second-order valence-corrected chi connectivity index (χ2v) is 14.4. The van der Waals surface area contributed by atoms with Crippen LogP contribution in [-0.4, -0.2) is 58.9 Å². The molecule has 0 radical (unpaired) electrons. The van der Waals surface area contributed by atoms with Crippen LogP contribution in [0.4, 0.5) is 28.4 Å². The monoisotopic (exact) mass is 763 g/mol. The summed E-state index contributed by atoms with van der Waals surface area (Å²) in [6.07, 6.45) is 6.83. The Labute approximate surface area is 305 Å². The molecule has 7 rings (SSSR count). The number of nitrogens with zero attached hydrogens (tertiary/aromatic N) is 5. The van der Waals surface area contributed by atoms with Crippen molar-refractivity contribution >= 4 is 88.8 Å². The average Bonchev–Trinajstić information content (AvgIpc) is 3.57. The minimum Gasteiger partial charge on any atom is -0.396 e. The maximum Gasteiger partial charge on any atom is 0.296 e. The summed E-state index contributed by atoms with van der Waals surface area (Å²) in [5.41, 5.74) is 13.1. The number of imidazole rings is 1. The number of fused-ring (bicyclic) bond motifs is 2. The summed E-state index contributed by atoms with van der Waals surface area (Å²) >= 11 is 0. The molecule has 1 aromatic heterocycles. The van der Waals surface area contributed by atoms with Crippen molar-refractivity contribution in [2.24, 2.45) is 20.4 Å². The third-order valence-electron chi connectivity index (χ3n) is 7.96. The van der Waals surface area contributed by atoms with E-state index in [1.54, 1.807) is 78.9 Å². The molecule has 19 heteroatoms.